The van der Waals surface area contributed by atoms with E-state index >= 15 is 0 Å². The molecule has 1 saturated heterocycles. The molecule has 4 nitrogen and oxygen atoms in total. The van der Waals surface area contributed by atoms with Crippen molar-refractivity contribution in [2.24, 2.45) is 0 Å². The molecule has 0 amide bonds. The fourth-order valence-electron chi connectivity index (χ4n) is 5.91. The fraction of sp³-hybridized carbons (Fsp3) is 0.364. The molecule has 0 aliphatic carbocycles. The molecule has 3 heterocycles. The lowest BCUT2D eigenvalue weighted by atomic mass is 9.94. The van der Waals surface area contributed by atoms with Gasteiger partial charge < -0.3 is 9.47 Å². The molecule has 0 spiro atoms. The number of aryl methyl sites for hydroxylation is 2. The normalized spacial score (nSPS) is 17.5. The summed E-state index contributed by atoms with van der Waals surface area (Å²) in [5.74, 6) is 1.75. The molecule has 196 valence electrons. The highest BCUT2D eigenvalue weighted by Crippen LogP contribution is 2.42. The minimum Gasteiger partial charge on any atom is -0.486 e. The van der Waals surface area contributed by atoms with Crippen LogP contribution >= 0.6 is 11.3 Å². The molecule has 0 radical (unpaired) electrons. The largest absolute Gasteiger partial charge is 0.486 e. The predicted molar refractivity (Wildman–Crippen MR) is 156 cm³/mol. The van der Waals surface area contributed by atoms with E-state index in [0.29, 0.717) is 19.3 Å². The smallest absolute Gasteiger partial charge is 0.161 e. The second kappa shape index (κ2) is 11.3. The maximum atomic E-state index is 5.93. The van der Waals surface area contributed by atoms with Gasteiger partial charge in [0.25, 0.3) is 0 Å². The Hall–Kier alpha value is -3.15. The molecule has 6 rings (SSSR count). The van der Waals surface area contributed by atoms with E-state index < -0.39 is 0 Å². The second-order valence-electron chi connectivity index (χ2n) is 10.2. The van der Waals surface area contributed by atoms with Gasteiger partial charge >= 0.3 is 0 Å². The minimum absolute atomic E-state index is 0.364. The Kier molecular flexibility index (Phi) is 7.48. The van der Waals surface area contributed by atoms with Gasteiger partial charge in [-0.3, -0.25) is 4.90 Å². The van der Waals surface area contributed by atoms with Gasteiger partial charge in [-0.15, -0.1) is 11.3 Å². The maximum absolute atomic E-state index is 5.93. The monoisotopic (exact) mass is 524 g/mol. The van der Waals surface area contributed by atoms with Gasteiger partial charge in [0, 0.05) is 28.6 Å². The second-order valence-corrected chi connectivity index (χ2v) is 11.3. The van der Waals surface area contributed by atoms with E-state index in [1.165, 1.54) is 45.5 Å². The molecule has 1 atom stereocenters. The summed E-state index contributed by atoms with van der Waals surface area (Å²) in [5, 5.41) is 1.15. The van der Waals surface area contributed by atoms with Crippen molar-refractivity contribution in [3.63, 3.8) is 0 Å². The predicted octanol–water partition coefficient (Wildman–Crippen LogP) is 8.10. The standard InChI is InChI=1S/C33H36N2O2S/c1-3-23-13-10-14-24(4-2)31(23)33-34-32(25-11-6-5-7-12-25)30(38-33)22-35-18-9-8-15-27(35)26-16-17-28-29(21-26)37-20-19-36-28/h5-7,10-14,16-17,21,27H,3-4,8-9,15,18-20,22H2,1-2H3. The lowest BCUT2D eigenvalue weighted by molar-refractivity contribution is 0.140. The molecule has 3 aromatic carbocycles. The number of ether oxygens (including phenoxy) is 2. The molecule has 4 aromatic rings. The third kappa shape index (κ3) is 4.97. The number of hydrogen-bond acceptors (Lipinski definition) is 5. The Morgan fingerprint density at radius 2 is 1.63 bits per heavy atom. The van der Waals surface area contributed by atoms with Crippen LogP contribution in [0, 0.1) is 0 Å². The van der Waals surface area contributed by atoms with Gasteiger partial charge in [0.2, 0.25) is 0 Å². The first-order chi connectivity index (χ1) is 18.7. The Bertz CT molecular complexity index is 1380. The molecule has 0 N–H and O–H groups in total. The van der Waals surface area contributed by atoms with Crippen LogP contribution in [0.4, 0.5) is 0 Å². The van der Waals surface area contributed by atoms with Crippen LogP contribution in [0.1, 0.15) is 60.7 Å². The van der Waals surface area contributed by atoms with Crippen molar-refractivity contribution >= 4 is 11.3 Å². The van der Waals surface area contributed by atoms with Crippen LogP contribution in [0.3, 0.4) is 0 Å². The van der Waals surface area contributed by atoms with Crippen LogP contribution < -0.4 is 9.47 Å². The van der Waals surface area contributed by atoms with Crippen molar-refractivity contribution in [3.8, 4) is 33.3 Å². The average Bonchev–Trinajstić information content (AvgIpc) is 3.40. The molecule has 5 heteroatoms. The van der Waals surface area contributed by atoms with Crippen molar-refractivity contribution in [2.75, 3.05) is 19.8 Å². The van der Waals surface area contributed by atoms with Crippen LogP contribution in [0.25, 0.3) is 21.8 Å². The summed E-state index contributed by atoms with van der Waals surface area (Å²) in [6.45, 7) is 7.73. The van der Waals surface area contributed by atoms with Crippen molar-refractivity contribution < 1.29 is 9.47 Å². The zero-order valence-electron chi connectivity index (χ0n) is 22.4. The summed E-state index contributed by atoms with van der Waals surface area (Å²) in [4.78, 5) is 9.35. The maximum Gasteiger partial charge on any atom is 0.161 e. The summed E-state index contributed by atoms with van der Waals surface area (Å²) >= 11 is 1.88. The van der Waals surface area contributed by atoms with E-state index in [4.69, 9.17) is 14.5 Å². The van der Waals surface area contributed by atoms with Crippen LogP contribution in [0.2, 0.25) is 0 Å². The number of likely N-dealkylation sites (tertiary alicyclic amines) is 1. The van der Waals surface area contributed by atoms with E-state index in [9.17, 15) is 0 Å². The van der Waals surface area contributed by atoms with E-state index in [-0.39, 0.29) is 0 Å². The van der Waals surface area contributed by atoms with Crippen LogP contribution in [-0.2, 0) is 19.4 Å². The number of benzene rings is 3. The number of aromatic nitrogens is 1. The molecule has 38 heavy (non-hydrogen) atoms. The topological polar surface area (TPSA) is 34.6 Å². The summed E-state index contributed by atoms with van der Waals surface area (Å²) in [5.41, 5.74) is 7.76. The van der Waals surface area contributed by atoms with Gasteiger partial charge in [-0.1, -0.05) is 74.9 Å². The summed E-state index contributed by atoms with van der Waals surface area (Å²) in [6, 6.07) is 24.3. The number of piperidine rings is 1. The lowest BCUT2D eigenvalue weighted by Gasteiger charge is -2.36. The van der Waals surface area contributed by atoms with Crippen molar-refractivity contribution in [1.82, 2.24) is 9.88 Å². The van der Waals surface area contributed by atoms with Crippen molar-refractivity contribution in [3.05, 3.63) is 88.3 Å². The summed E-state index contributed by atoms with van der Waals surface area (Å²) in [6.07, 6.45) is 5.66. The third-order valence-corrected chi connectivity index (χ3v) is 8.93. The SMILES string of the molecule is CCc1cccc(CC)c1-c1nc(-c2ccccc2)c(CN2CCCCC2c2ccc3c(c2)OCCO3)s1. The minimum atomic E-state index is 0.364. The number of thiazole rings is 1. The zero-order valence-corrected chi connectivity index (χ0v) is 23.2. The van der Waals surface area contributed by atoms with Crippen LogP contribution in [-0.4, -0.2) is 29.6 Å². The van der Waals surface area contributed by atoms with Gasteiger partial charge in [0.1, 0.15) is 18.2 Å². The molecule has 1 aromatic heterocycles. The van der Waals surface area contributed by atoms with Gasteiger partial charge in [-0.05, 0) is 61.1 Å². The summed E-state index contributed by atoms with van der Waals surface area (Å²) < 4.78 is 11.7. The number of fused-ring (bicyclic) bond motifs is 1. The van der Waals surface area contributed by atoms with E-state index in [1.807, 2.05) is 11.3 Å². The third-order valence-electron chi connectivity index (χ3n) is 7.87. The van der Waals surface area contributed by atoms with Gasteiger partial charge in [-0.2, -0.15) is 0 Å². The van der Waals surface area contributed by atoms with Gasteiger partial charge in [0.15, 0.2) is 11.5 Å². The highest BCUT2D eigenvalue weighted by atomic mass is 32.1. The molecule has 2 aliphatic rings. The number of rotatable bonds is 7. The highest BCUT2D eigenvalue weighted by Gasteiger charge is 2.28. The average molecular weight is 525 g/mol. The molecule has 0 bridgehead atoms. The Balaban J connectivity index is 1.39. The fourth-order valence-corrected chi connectivity index (χ4v) is 7.14. The molecule has 0 saturated carbocycles. The van der Waals surface area contributed by atoms with Crippen LogP contribution in [0.15, 0.2) is 66.7 Å². The molecule has 1 fully saturated rings. The quantitative estimate of drug-likeness (QED) is 0.245. The van der Waals surface area contributed by atoms with Gasteiger partial charge in [0.05, 0.1) is 5.69 Å². The van der Waals surface area contributed by atoms with Gasteiger partial charge in [-0.25, -0.2) is 4.98 Å². The molecular weight excluding hydrogens is 488 g/mol. The zero-order chi connectivity index (χ0) is 25.9. The Morgan fingerprint density at radius 3 is 2.39 bits per heavy atom. The van der Waals surface area contributed by atoms with Crippen LogP contribution in [0.5, 0.6) is 11.5 Å². The molecule has 2 aliphatic heterocycles. The Morgan fingerprint density at radius 1 is 0.868 bits per heavy atom. The summed E-state index contributed by atoms with van der Waals surface area (Å²) in [7, 11) is 0. The highest BCUT2D eigenvalue weighted by molar-refractivity contribution is 7.15. The Labute approximate surface area is 230 Å². The first kappa shape index (κ1) is 25.1. The van der Waals surface area contributed by atoms with E-state index in [2.05, 4.69) is 85.5 Å². The first-order valence-electron chi connectivity index (χ1n) is 14.0. The first-order valence-corrected chi connectivity index (χ1v) is 14.9. The van der Waals surface area contributed by atoms with E-state index in [1.54, 1.807) is 0 Å². The lowest BCUT2D eigenvalue weighted by Crippen LogP contribution is -2.33. The van der Waals surface area contributed by atoms with E-state index in [0.717, 1.165) is 54.6 Å². The van der Waals surface area contributed by atoms with Crippen molar-refractivity contribution in [2.45, 2.75) is 58.5 Å². The molecule has 1 unspecified atom stereocenters. The number of nitrogens with zero attached hydrogens (tertiary/aromatic N) is 2. The molecular formula is C33H36N2O2S. The number of hydrogen-bond donors (Lipinski definition) is 0. The van der Waals surface area contributed by atoms with Crippen molar-refractivity contribution in [1.29, 1.82) is 0 Å².